The van der Waals surface area contributed by atoms with Crippen molar-refractivity contribution in [1.29, 1.82) is 0 Å². The summed E-state index contributed by atoms with van der Waals surface area (Å²) < 4.78 is 5.55. The van der Waals surface area contributed by atoms with E-state index in [1.807, 2.05) is 25.7 Å². The third-order valence-corrected chi connectivity index (χ3v) is 5.90. The maximum atomic E-state index is 12.4. The Bertz CT molecular complexity index is 610. The summed E-state index contributed by atoms with van der Waals surface area (Å²) in [6.07, 6.45) is 3.28. The van der Waals surface area contributed by atoms with Crippen molar-refractivity contribution < 1.29 is 9.53 Å². The van der Waals surface area contributed by atoms with Crippen molar-refractivity contribution in [3.05, 3.63) is 35.9 Å². The van der Waals surface area contributed by atoms with Crippen molar-refractivity contribution in [1.82, 2.24) is 14.7 Å². The molecule has 1 aromatic carbocycles. The normalized spacial score (nSPS) is 21.9. The minimum atomic E-state index is -0.434. The lowest BCUT2D eigenvalue weighted by Crippen LogP contribution is -2.62. The summed E-state index contributed by atoms with van der Waals surface area (Å²) in [6, 6.07) is 10.9. The minimum absolute atomic E-state index is 0.178. The SMILES string of the molecule is CN1CCC(Cc2ccccc2)(N2CCN(C(=O)OC(C)(C)C)CC2)CC1. The van der Waals surface area contributed by atoms with E-state index >= 15 is 0 Å². The summed E-state index contributed by atoms with van der Waals surface area (Å²) in [5, 5.41) is 0. The minimum Gasteiger partial charge on any atom is -0.444 e. The van der Waals surface area contributed by atoms with Gasteiger partial charge >= 0.3 is 6.09 Å². The number of piperazine rings is 1. The van der Waals surface area contributed by atoms with E-state index in [1.165, 1.54) is 18.4 Å². The van der Waals surface area contributed by atoms with Crippen molar-refractivity contribution in [2.75, 3.05) is 46.3 Å². The first-order chi connectivity index (χ1) is 12.8. The van der Waals surface area contributed by atoms with Crippen molar-refractivity contribution in [2.45, 2.75) is 51.2 Å². The lowest BCUT2D eigenvalue weighted by molar-refractivity contribution is -0.0210. The summed E-state index contributed by atoms with van der Waals surface area (Å²) in [6.45, 7) is 11.4. The van der Waals surface area contributed by atoms with Crippen LogP contribution in [0.4, 0.5) is 4.79 Å². The molecule has 0 N–H and O–H groups in total. The molecule has 150 valence electrons. The zero-order chi connectivity index (χ0) is 19.5. The fraction of sp³-hybridized carbons (Fsp3) is 0.682. The molecule has 0 aliphatic carbocycles. The van der Waals surface area contributed by atoms with Crippen molar-refractivity contribution in [3.8, 4) is 0 Å². The summed E-state index contributed by atoms with van der Waals surface area (Å²) >= 11 is 0. The van der Waals surface area contributed by atoms with Gasteiger partial charge in [0.1, 0.15) is 5.60 Å². The van der Waals surface area contributed by atoms with Gasteiger partial charge in [0.15, 0.2) is 0 Å². The average molecular weight is 374 g/mol. The third kappa shape index (κ3) is 5.23. The van der Waals surface area contributed by atoms with Gasteiger partial charge in [0.25, 0.3) is 0 Å². The van der Waals surface area contributed by atoms with Crippen LogP contribution in [-0.2, 0) is 11.2 Å². The molecule has 2 saturated heterocycles. The van der Waals surface area contributed by atoms with Crippen LogP contribution in [0.2, 0.25) is 0 Å². The van der Waals surface area contributed by atoms with Crippen LogP contribution in [0.5, 0.6) is 0 Å². The molecule has 2 heterocycles. The Kier molecular flexibility index (Phi) is 6.11. The summed E-state index contributed by atoms with van der Waals surface area (Å²) in [5.41, 5.74) is 1.18. The van der Waals surface area contributed by atoms with Gasteiger partial charge in [-0.2, -0.15) is 0 Å². The molecule has 0 aromatic heterocycles. The third-order valence-electron chi connectivity index (χ3n) is 5.90. The van der Waals surface area contributed by atoms with Crippen LogP contribution >= 0.6 is 0 Å². The number of hydrogen-bond acceptors (Lipinski definition) is 4. The largest absolute Gasteiger partial charge is 0.444 e. The number of amides is 1. The zero-order valence-electron chi connectivity index (χ0n) is 17.4. The lowest BCUT2D eigenvalue weighted by atomic mass is 9.80. The van der Waals surface area contributed by atoms with E-state index < -0.39 is 5.60 Å². The number of nitrogens with zero attached hydrogens (tertiary/aromatic N) is 3. The average Bonchev–Trinajstić information content (AvgIpc) is 2.63. The number of piperidine rings is 1. The fourth-order valence-electron chi connectivity index (χ4n) is 4.31. The Morgan fingerprint density at radius 2 is 1.59 bits per heavy atom. The van der Waals surface area contributed by atoms with Crippen molar-refractivity contribution in [3.63, 3.8) is 0 Å². The second-order valence-electron chi connectivity index (χ2n) is 9.14. The summed E-state index contributed by atoms with van der Waals surface area (Å²) in [5.74, 6) is 0. The number of likely N-dealkylation sites (tertiary alicyclic amines) is 1. The molecule has 0 radical (unpaired) electrons. The lowest BCUT2D eigenvalue weighted by Gasteiger charge is -2.51. The monoisotopic (exact) mass is 373 g/mol. The number of hydrogen-bond donors (Lipinski definition) is 0. The molecular weight excluding hydrogens is 338 g/mol. The first-order valence-electron chi connectivity index (χ1n) is 10.2. The predicted octanol–water partition coefficient (Wildman–Crippen LogP) is 3.25. The first kappa shape index (κ1) is 20.2. The number of ether oxygens (including phenoxy) is 1. The van der Waals surface area contributed by atoms with Crippen LogP contribution < -0.4 is 0 Å². The van der Waals surface area contributed by atoms with Crippen molar-refractivity contribution >= 4 is 6.09 Å². The van der Waals surface area contributed by atoms with Crippen LogP contribution in [0.25, 0.3) is 0 Å². The summed E-state index contributed by atoms with van der Waals surface area (Å²) in [4.78, 5) is 19.3. The second-order valence-corrected chi connectivity index (χ2v) is 9.14. The maximum Gasteiger partial charge on any atom is 0.410 e. The van der Waals surface area contributed by atoms with E-state index in [0.717, 1.165) is 45.7 Å². The van der Waals surface area contributed by atoms with E-state index in [1.54, 1.807) is 0 Å². The van der Waals surface area contributed by atoms with E-state index in [-0.39, 0.29) is 11.6 Å². The topological polar surface area (TPSA) is 36.0 Å². The van der Waals surface area contributed by atoms with Gasteiger partial charge < -0.3 is 14.5 Å². The number of benzene rings is 1. The van der Waals surface area contributed by atoms with E-state index in [9.17, 15) is 4.79 Å². The Balaban J connectivity index is 1.67. The van der Waals surface area contributed by atoms with Crippen LogP contribution in [0, 0.1) is 0 Å². The van der Waals surface area contributed by atoms with E-state index in [4.69, 9.17) is 4.74 Å². The van der Waals surface area contributed by atoms with Gasteiger partial charge in [0, 0.05) is 31.7 Å². The van der Waals surface area contributed by atoms with Gasteiger partial charge in [-0.1, -0.05) is 30.3 Å². The number of carbonyl (C=O) groups is 1. The Hall–Kier alpha value is -1.59. The van der Waals surface area contributed by atoms with Gasteiger partial charge in [0.2, 0.25) is 0 Å². The van der Waals surface area contributed by atoms with E-state index in [0.29, 0.717) is 0 Å². The Morgan fingerprint density at radius 3 is 2.15 bits per heavy atom. The highest BCUT2D eigenvalue weighted by atomic mass is 16.6. The second kappa shape index (κ2) is 8.19. The molecule has 2 aliphatic heterocycles. The molecule has 0 bridgehead atoms. The first-order valence-corrected chi connectivity index (χ1v) is 10.2. The van der Waals surface area contributed by atoms with Gasteiger partial charge in [0.05, 0.1) is 0 Å². The summed E-state index contributed by atoms with van der Waals surface area (Å²) in [7, 11) is 2.22. The molecule has 5 heteroatoms. The highest BCUT2D eigenvalue weighted by Crippen LogP contribution is 2.33. The highest BCUT2D eigenvalue weighted by molar-refractivity contribution is 5.68. The van der Waals surface area contributed by atoms with Gasteiger partial charge in [-0.25, -0.2) is 4.79 Å². The number of carbonyl (C=O) groups excluding carboxylic acids is 1. The molecule has 0 spiro atoms. The van der Waals surface area contributed by atoms with Gasteiger partial charge in [-0.05, 0) is 65.7 Å². The Labute approximate surface area is 164 Å². The number of rotatable bonds is 3. The molecule has 2 aliphatic rings. The molecule has 27 heavy (non-hydrogen) atoms. The maximum absolute atomic E-state index is 12.4. The molecule has 0 unspecified atom stereocenters. The van der Waals surface area contributed by atoms with Crippen LogP contribution in [0.3, 0.4) is 0 Å². The molecular formula is C22H35N3O2. The molecule has 5 nitrogen and oxygen atoms in total. The highest BCUT2D eigenvalue weighted by Gasteiger charge is 2.41. The van der Waals surface area contributed by atoms with E-state index in [2.05, 4.69) is 47.2 Å². The van der Waals surface area contributed by atoms with Crippen LogP contribution in [0.1, 0.15) is 39.2 Å². The molecule has 1 amide bonds. The van der Waals surface area contributed by atoms with Crippen LogP contribution in [0.15, 0.2) is 30.3 Å². The quantitative estimate of drug-likeness (QED) is 0.815. The smallest absolute Gasteiger partial charge is 0.410 e. The molecule has 1 aromatic rings. The Morgan fingerprint density at radius 1 is 1.00 bits per heavy atom. The van der Waals surface area contributed by atoms with Crippen molar-refractivity contribution in [2.24, 2.45) is 0 Å². The van der Waals surface area contributed by atoms with Gasteiger partial charge in [-0.3, -0.25) is 4.90 Å². The molecule has 0 atom stereocenters. The molecule has 3 rings (SSSR count). The predicted molar refractivity (Wildman–Crippen MR) is 109 cm³/mol. The standard InChI is InChI=1S/C22H35N3O2/c1-21(2,3)27-20(26)24-14-16-25(17-15-24)22(10-12-23(4)13-11-22)18-19-8-6-5-7-9-19/h5-9H,10-18H2,1-4H3. The zero-order valence-corrected chi connectivity index (χ0v) is 17.4. The molecule has 0 saturated carbocycles. The fourth-order valence-corrected chi connectivity index (χ4v) is 4.31. The van der Waals surface area contributed by atoms with Gasteiger partial charge in [-0.15, -0.1) is 0 Å². The van der Waals surface area contributed by atoms with Crippen LogP contribution in [-0.4, -0.2) is 78.2 Å². The molecule has 2 fully saturated rings.